The first-order valence-electron chi connectivity index (χ1n) is 5.39. The lowest BCUT2D eigenvalue weighted by Gasteiger charge is -2.08. The Labute approximate surface area is 101 Å². The van der Waals surface area contributed by atoms with E-state index < -0.39 is 0 Å². The Morgan fingerprint density at radius 1 is 0.941 bits per heavy atom. The van der Waals surface area contributed by atoms with E-state index >= 15 is 0 Å². The number of ether oxygens (including phenoxy) is 2. The largest absolute Gasteiger partial charge is 0.497 e. The van der Waals surface area contributed by atoms with E-state index in [4.69, 9.17) is 9.47 Å². The zero-order chi connectivity index (χ0) is 12.3. The number of hydrogen-bond donors (Lipinski definition) is 0. The van der Waals surface area contributed by atoms with Gasteiger partial charge in [0.2, 0.25) is 0 Å². The molecule has 0 saturated heterocycles. The second-order valence-electron chi connectivity index (χ2n) is 3.82. The third-order valence-electron chi connectivity index (χ3n) is 2.56. The highest BCUT2D eigenvalue weighted by molar-refractivity contribution is 5.63. The van der Waals surface area contributed by atoms with Crippen molar-refractivity contribution < 1.29 is 9.47 Å². The van der Waals surface area contributed by atoms with Gasteiger partial charge in [-0.1, -0.05) is 6.07 Å². The molecule has 88 valence electrons. The van der Waals surface area contributed by atoms with Gasteiger partial charge in [-0.3, -0.25) is 4.98 Å². The highest BCUT2D eigenvalue weighted by atomic mass is 16.5. The molecular weight excluding hydrogens is 214 g/mol. The summed E-state index contributed by atoms with van der Waals surface area (Å²) < 4.78 is 10.5. The molecule has 0 radical (unpaired) electrons. The summed E-state index contributed by atoms with van der Waals surface area (Å²) in [4.78, 5) is 4.39. The van der Waals surface area contributed by atoms with E-state index in [1.54, 1.807) is 14.2 Å². The third kappa shape index (κ3) is 2.56. The molecule has 3 heteroatoms. The second kappa shape index (κ2) is 4.87. The zero-order valence-electron chi connectivity index (χ0n) is 10.2. The number of aryl methyl sites for hydroxylation is 1. The first kappa shape index (κ1) is 11.5. The lowest BCUT2D eigenvalue weighted by molar-refractivity contribution is 0.394. The van der Waals surface area contributed by atoms with Gasteiger partial charge in [0, 0.05) is 17.8 Å². The van der Waals surface area contributed by atoms with Gasteiger partial charge < -0.3 is 9.47 Å². The van der Waals surface area contributed by atoms with Crippen LogP contribution in [0, 0.1) is 6.92 Å². The Bertz CT molecular complexity index is 484. The summed E-state index contributed by atoms with van der Waals surface area (Å²) in [5.74, 6) is 1.53. The van der Waals surface area contributed by atoms with Crippen molar-refractivity contribution in [2.45, 2.75) is 6.92 Å². The van der Waals surface area contributed by atoms with Crippen molar-refractivity contribution in [1.82, 2.24) is 4.98 Å². The number of rotatable bonds is 3. The van der Waals surface area contributed by atoms with Crippen LogP contribution >= 0.6 is 0 Å². The summed E-state index contributed by atoms with van der Waals surface area (Å²) in [6.07, 6.45) is 1.85. The first-order valence-corrected chi connectivity index (χ1v) is 5.39. The Balaban J connectivity index is 2.46. The number of pyridine rings is 1. The van der Waals surface area contributed by atoms with Crippen LogP contribution < -0.4 is 9.47 Å². The summed E-state index contributed by atoms with van der Waals surface area (Å²) in [5, 5.41) is 0. The molecule has 0 fully saturated rings. The average molecular weight is 229 g/mol. The first-order chi connectivity index (χ1) is 8.22. The normalized spacial score (nSPS) is 10.1. The highest BCUT2D eigenvalue weighted by Gasteiger charge is 2.04. The third-order valence-corrected chi connectivity index (χ3v) is 2.56. The topological polar surface area (TPSA) is 31.4 Å². The molecule has 0 spiro atoms. The van der Waals surface area contributed by atoms with Crippen LogP contribution in [0.4, 0.5) is 0 Å². The molecule has 0 aliphatic carbocycles. The quantitative estimate of drug-likeness (QED) is 0.810. The van der Waals surface area contributed by atoms with Gasteiger partial charge in [0.25, 0.3) is 0 Å². The molecule has 0 atom stereocenters. The molecule has 0 aliphatic rings. The molecule has 3 nitrogen and oxygen atoms in total. The molecule has 1 aromatic heterocycles. The van der Waals surface area contributed by atoms with Crippen LogP contribution in [-0.2, 0) is 0 Å². The lowest BCUT2D eigenvalue weighted by atomic mass is 10.1. The number of aromatic nitrogens is 1. The van der Waals surface area contributed by atoms with Crippen LogP contribution in [0.1, 0.15) is 5.56 Å². The van der Waals surface area contributed by atoms with E-state index in [1.807, 2.05) is 43.5 Å². The van der Waals surface area contributed by atoms with Crippen molar-refractivity contribution >= 4 is 0 Å². The molecule has 0 saturated carbocycles. The van der Waals surface area contributed by atoms with E-state index in [0.29, 0.717) is 0 Å². The van der Waals surface area contributed by atoms with Gasteiger partial charge in [-0.25, -0.2) is 0 Å². The molecule has 0 unspecified atom stereocenters. The molecule has 1 aromatic carbocycles. The maximum atomic E-state index is 5.23. The van der Waals surface area contributed by atoms with E-state index in [-0.39, 0.29) is 0 Å². The Hall–Kier alpha value is -2.03. The van der Waals surface area contributed by atoms with Crippen LogP contribution in [0.25, 0.3) is 11.3 Å². The SMILES string of the molecule is COc1cc(OC)cc(-c2ccc(C)cn2)c1. The summed E-state index contributed by atoms with van der Waals surface area (Å²) in [6, 6.07) is 9.76. The van der Waals surface area contributed by atoms with E-state index in [0.717, 1.165) is 28.3 Å². The van der Waals surface area contributed by atoms with Crippen LogP contribution in [0.3, 0.4) is 0 Å². The minimum atomic E-state index is 0.765. The molecule has 2 rings (SSSR count). The van der Waals surface area contributed by atoms with Crippen molar-refractivity contribution in [3.8, 4) is 22.8 Å². The standard InChI is InChI=1S/C14H15NO2/c1-10-4-5-14(15-9-10)11-6-12(16-2)8-13(7-11)17-3/h4-9H,1-3H3. The van der Waals surface area contributed by atoms with Crippen LogP contribution in [0.2, 0.25) is 0 Å². The Kier molecular flexibility index (Phi) is 3.28. The summed E-state index contributed by atoms with van der Waals surface area (Å²) in [5.41, 5.74) is 3.04. The number of methoxy groups -OCH3 is 2. The molecule has 0 aliphatic heterocycles. The average Bonchev–Trinajstić information content (AvgIpc) is 2.39. The van der Waals surface area contributed by atoms with Crippen molar-refractivity contribution in [3.63, 3.8) is 0 Å². The monoisotopic (exact) mass is 229 g/mol. The summed E-state index contributed by atoms with van der Waals surface area (Å²) >= 11 is 0. The van der Waals surface area contributed by atoms with Crippen LogP contribution in [0.15, 0.2) is 36.5 Å². The minimum absolute atomic E-state index is 0.765. The minimum Gasteiger partial charge on any atom is -0.497 e. The number of benzene rings is 1. The van der Waals surface area contributed by atoms with Gasteiger partial charge in [0.05, 0.1) is 19.9 Å². The fourth-order valence-corrected chi connectivity index (χ4v) is 1.59. The Morgan fingerprint density at radius 2 is 1.59 bits per heavy atom. The van der Waals surface area contributed by atoms with Crippen molar-refractivity contribution in [1.29, 1.82) is 0 Å². The fraction of sp³-hybridized carbons (Fsp3) is 0.214. The predicted molar refractivity (Wildman–Crippen MR) is 67.5 cm³/mol. The molecule has 0 amide bonds. The molecule has 17 heavy (non-hydrogen) atoms. The smallest absolute Gasteiger partial charge is 0.123 e. The molecular formula is C14H15NO2. The van der Waals surface area contributed by atoms with Gasteiger partial charge in [-0.05, 0) is 30.7 Å². The number of hydrogen-bond acceptors (Lipinski definition) is 3. The molecule has 0 bridgehead atoms. The zero-order valence-corrected chi connectivity index (χ0v) is 10.2. The Morgan fingerprint density at radius 3 is 2.06 bits per heavy atom. The van der Waals surface area contributed by atoms with E-state index in [1.165, 1.54) is 0 Å². The maximum absolute atomic E-state index is 5.23. The van der Waals surface area contributed by atoms with Crippen LogP contribution in [0.5, 0.6) is 11.5 Å². The molecule has 2 aromatic rings. The fourth-order valence-electron chi connectivity index (χ4n) is 1.59. The van der Waals surface area contributed by atoms with Gasteiger partial charge in [-0.2, -0.15) is 0 Å². The van der Waals surface area contributed by atoms with Crippen molar-refractivity contribution in [3.05, 3.63) is 42.1 Å². The summed E-state index contributed by atoms with van der Waals surface area (Å²) in [7, 11) is 3.28. The van der Waals surface area contributed by atoms with Crippen molar-refractivity contribution in [2.24, 2.45) is 0 Å². The number of nitrogens with zero attached hydrogens (tertiary/aromatic N) is 1. The maximum Gasteiger partial charge on any atom is 0.123 e. The van der Waals surface area contributed by atoms with Gasteiger partial charge in [0.1, 0.15) is 11.5 Å². The van der Waals surface area contributed by atoms with Crippen LogP contribution in [-0.4, -0.2) is 19.2 Å². The van der Waals surface area contributed by atoms with Gasteiger partial charge >= 0.3 is 0 Å². The second-order valence-corrected chi connectivity index (χ2v) is 3.82. The predicted octanol–water partition coefficient (Wildman–Crippen LogP) is 3.07. The van der Waals surface area contributed by atoms with E-state index in [9.17, 15) is 0 Å². The lowest BCUT2D eigenvalue weighted by Crippen LogP contribution is -1.90. The van der Waals surface area contributed by atoms with Crippen molar-refractivity contribution in [2.75, 3.05) is 14.2 Å². The van der Waals surface area contributed by atoms with E-state index in [2.05, 4.69) is 4.98 Å². The highest BCUT2D eigenvalue weighted by Crippen LogP contribution is 2.28. The molecule has 0 N–H and O–H groups in total. The van der Waals surface area contributed by atoms with Gasteiger partial charge in [-0.15, -0.1) is 0 Å². The molecule has 1 heterocycles. The van der Waals surface area contributed by atoms with Gasteiger partial charge in [0.15, 0.2) is 0 Å². The summed E-state index contributed by atoms with van der Waals surface area (Å²) in [6.45, 7) is 2.02.